The van der Waals surface area contributed by atoms with Gasteiger partial charge in [-0.2, -0.15) is 0 Å². The molecule has 3 heterocycles. The van der Waals surface area contributed by atoms with Crippen molar-refractivity contribution in [1.82, 2.24) is 25.1 Å². The maximum atomic E-state index is 14.5. The molecule has 0 unspecified atom stereocenters. The van der Waals surface area contributed by atoms with Crippen molar-refractivity contribution in [2.45, 2.75) is 24.5 Å². The molecule has 178 valence electrons. The first-order valence-electron chi connectivity index (χ1n) is 11.5. The van der Waals surface area contributed by atoms with Crippen LogP contribution in [0.15, 0.2) is 78.1 Å². The number of nitrogens with zero attached hydrogens (tertiary/aromatic N) is 5. The van der Waals surface area contributed by atoms with Gasteiger partial charge in [0.2, 0.25) is 5.91 Å². The van der Waals surface area contributed by atoms with E-state index in [0.29, 0.717) is 23.1 Å². The monoisotopic (exact) mass is 488 g/mol. The van der Waals surface area contributed by atoms with Crippen LogP contribution in [-0.2, 0) is 11.3 Å². The lowest BCUT2D eigenvalue weighted by Gasteiger charge is -2.17. The molecule has 1 aliphatic heterocycles. The number of halogens is 1. The molecule has 1 N–H and O–H groups in total. The molecule has 0 radical (unpaired) electrons. The number of para-hydroxylation sites is 1. The lowest BCUT2D eigenvalue weighted by molar-refractivity contribution is -0.118. The summed E-state index contributed by atoms with van der Waals surface area (Å²) in [4.78, 5) is 19.4. The molecule has 5 rings (SSSR count). The van der Waals surface area contributed by atoms with Crippen molar-refractivity contribution < 1.29 is 9.18 Å². The van der Waals surface area contributed by atoms with E-state index in [1.165, 1.54) is 30.7 Å². The van der Waals surface area contributed by atoms with Gasteiger partial charge in [-0.15, -0.1) is 10.2 Å². The third-order valence-electron chi connectivity index (χ3n) is 5.82. The number of benzene rings is 2. The summed E-state index contributed by atoms with van der Waals surface area (Å²) >= 11 is 1.26. The van der Waals surface area contributed by atoms with Gasteiger partial charge in [0.1, 0.15) is 11.6 Å². The van der Waals surface area contributed by atoms with Crippen LogP contribution in [0.4, 0.5) is 10.2 Å². The standard InChI is InChI=1S/C26H25FN6OS/c27-22-11-5-4-10-21(22)25-30-31-26(33(25)20-8-2-1-3-9-20)35-18-24(34)29-17-19-12-13-28-23(16-19)32-14-6-7-15-32/h1-5,8-13,16H,6-7,14-15,17-18H2,(H,29,34). The third-order valence-corrected chi connectivity index (χ3v) is 6.75. The summed E-state index contributed by atoms with van der Waals surface area (Å²) in [5.41, 5.74) is 2.16. The fourth-order valence-electron chi connectivity index (χ4n) is 4.06. The Balaban J connectivity index is 1.28. The fourth-order valence-corrected chi connectivity index (χ4v) is 4.84. The number of rotatable bonds is 8. The van der Waals surface area contributed by atoms with E-state index in [0.717, 1.165) is 30.2 Å². The van der Waals surface area contributed by atoms with Crippen LogP contribution in [-0.4, -0.2) is 44.5 Å². The summed E-state index contributed by atoms with van der Waals surface area (Å²) < 4.78 is 16.3. The van der Waals surface area contributed by atoms with Crippen LogP contribution in [0.2, 0.25) is 0 Å². The van der Waals surface area contributed by atoms with Crippen LogP contribution in [0.1, 0.15) is 18.4 Å². The fraction of sp³-hybridized carbons (Fsp3) is 0.231. The van der Waals surface area contributed by atoms with E-state index >= 15 is 0 Å². The first-order valence-corrected chi connectivity index (χ1v) is 12.5. The molecule has 35 heavy (non-hydrogen) atoms. The minimum Gasteiger partial charge on any atom is -0.357 e. The molecule has 0 bridgehead atoms. The Morgan fingerprint density at radius 1 is 1.00 bits per heavy atom. The zero-order valence-corrected chi connectivity index (χ0v) is 19.9. The van der Waals surface area contributed by atoms with Gasteiger partial charge in [0, 0.05) is 31.5 Å². The largest absolute Gasteiger partial charge is 0.357 e. The molecule has 2 aromatic carbocycles. The van der Waals surface area contributed by atoms with Gasteiger partial charge in [-0.05, 0) is 54.8 Å². The van der Waals surface area contributed by atoms with E-state index in [2.05, 4.69) is 25.4 Å². The van der Waals surface area contributed by atoms with Gasteiger partial charge in [0.15, 0.2) is 11.0 Å². The third kappa shape index (κ3) is 5.35. The second kappa shape index (κ2) is 10.7. The highest BCUT2D eigenvalue weighted by atomic mass is 32.2. The molecule has 0 aliphatic carbocycles. The van der Waals surface area contributed by atoms with Gasteiger partial charge in [-0.25, -0.2) is 9.37 Å². The molecular weight excluding hydrogens is 463 g/mol. The predicted octanol–water partition coefficient (Wildman–Crippen LogP) is 4.48. The maximum absolute atomic E-state index is 14.5. The highest BCUT2D eigenvalue weighted by Crippen LogP contribution is 2.29. The van der Waals surface area contributed by atoms with E-state index in [1.807, 2.05) is 42.5 Å². The average molecular weight is 489 g/mol. The molecule has 1 saturated heterocycles. The van der Waals surface area contributed by atoms with E-state index < -0.39 is 0 Å². The van der Waals surface area contributed by atoms with Crippen molar-refractivity contribution >= 4 is 23.5 Å². The summed E-state index contributed by atoms with van der Waals surface area (Å²) in [6.07, 6.45) is 4.16. The second-order valence-corrected chi connectivity index (χ2v) is 9.18. The maximum Gasteiger partial charge on any atom is 0.230 e. The molecule has 9 heteroatoms. The van der Waals surface area contributed by atoms with Crippen molar-refractivity contribution in [3.05, 3.63) is 84.3 Å². The minimum absolute atomic E-state index is 0.121. The number of pyridine rings is 1. The molecule has 7 nitrogen and oxygen atoms in total. The van der Waals surface area contributed by atoms with Crippen molar-refractivity contribution in [2.75, 3.05) is 23.7 Å². The topological polar surface area (TPSA) is 75.9 Å². The normalized spacial score (nSPS) is 13.2. The van der Waals surface area contributed by atoms with Crippen molar-refractivity contribution in [2.24, 2.45) is 0 Å². The zero-order valence-electron chi connectivity index (χ0n) is 19.1. The smallest absolute Gasteiger partial charge is 0.230 e. The van der Waals surface area contributed by atoms with Crippen LogP contribution >= 0.6 is 11.8 Å². The number of carbonyl (C=O) groups excluding carboxylic acids is 1. The molecule has 4 aromatic rings. The van der Waals surface area contributed by atoms with Crippen LogP contribution in [0.3, 0.4) is 0 Å². The predicted molar refractivity (Wildman–Crippen MR) is 135 cm³/mol. The first kappa shape index (κ1) is 23.0. The van der Waals surface area contributed by atoms with Crippen molar-refractivity contribution in [3.63, 3.8) is 0 Å². The number of nitrogens with one attached hydrogen (secondary N) is 1. The first-order chi connectivity index (χ1) is 17.2. The van der Waals surface area contributed by atoms with Crippen molar-refractivity contribution in [1.29, 1.82) is 0 Å². The van der Waals surface area contributed by atoms with Gasteiger partial charge in [-0.1, -0.05) is 42.1 Å². The molecule has 0 spiro atoms. The lowest BCUT2D eigenvalue weighted by atomic mass is 10.2. The molecule has 2 aromatic heterocycles. The van der Waals surface area contributed by atoms with Crippen LogP contribution in [0.5, 0.6) is 0 Å². The minimum atomic E-state index is -0.378. The summed E-state index contributed by atoms with van der Waals surface area (Å²) in [5, 5.41) is 12.0. The average Bonchev–Trinajstić information content (AvgIpc) is 3.58. The Labute approximate surface area is 207 Å². The zero-order chi connectivity index (χ0) is 24.0. The summed E-state index contributed by atoms with van der Waals surface area (Å²) in [6, 6.07) is 19.9. The van der Waals surface area contributed by atoms with E-state index in [4.69, 9.17) is 0 Å². The number of thioether (sulfide) groups is 1. The summed E-state index contributed by atoms with van der Waals surface area (Å²) in [7, 11) is 0. The Kier molecular flexibility index (Phi) is 7.04. The lowest BCUT2D eigenvalue weighted by Crippen LogP contribution is -2.25. The number of hydrogen-bond donors (Lipinski definition) is 1. The summed E-state index contributed by atoms with van der Waals surface area (Å²) in [5.74, 6) is 1.01. The van der Waals surface area contributed by atoms with E-state index in [-0.39, 0.29) is 17.5 Å². The van der Waals surface area contributed by atoms with Crippen LogP contribution < -0.4 is 10.2 Å². The molecule has 0 atom stereocenters. The quantitative estimate of drug-likeness (QED) is 0.369. The summed E-state index contributed by atoms with van der Waals surface area (Å²) in [6.45, 7) is 2.47. The Morgan fingerprint density at radius 2 is 1.77 bits per heavy atom. The van der Waals surface area contributed by atoms with Gasteiger partial charge in [-0.3, -0.25) is 9.36 Å². The molecule has 0 saturated carbocycles. The van der Waals surface area contributed by atoms with Gasteiger partial charge in [0.25, 0.3) is 0 Å². The van der Waals surface area contributed by atoms with Gasteiger partial charge in [0.05, 0.1) is 11.3 Å². The number of carbonyl (C=O) groups is 1. The number of hydrogen-bond acceptors (Lipinski definition) is 6. The Hall–Kier alpha value is -3.72. The molecule has 1 fully saturated rings. The molecular formula is C26H25FN6OS. The number of aromatic nitrogens is 4. The van der Waals surface area contributed by atoms with E-state index in [1.54, 1.807) is 29.0 Å². The Morgan fingerprint density at radius 3 is 2.57 bits per heavy atom. The number of amides is 1. The molecule has 1 aliphatic rings. The molecule has 1 amide bonds. The van der Waals surface area contributed by atoms with Gasteiger partial charge < -0.3 is 10.2 Å². The van der Waals surface area contributed by atoms with Crippen LogP contribution in [0, 0.1) is 5.82 Å². The van der Waals surface area contributed by atoms with Crippen LogP contribution in [0.25, 0.3) is 17.1 Å². The SMILES string of the molecule is O=C(CSc1nnc(-c2ccccc2F)n1-c1ccccc1)NCc1ccnc(N2CCCC2)c1. The highest BCUT2D eigenvalue weighted by Gasteiger charge is 2.19. The van der Waals surface area contributed by atoms with Crippen molar-refractivity contribution in [3.8, 4) is 17.1 Å². The Bertz CT molecular complexity index is 1310. The van der Waals surface area contributed by atoms with Gasteiger partial charge >= 0.3 is 0 Å². The highest BCUT2D eigenvalue weighted by molar-refractivity contribution is 7.99. The van der Waals surface area contributed by atoms with E-state index in [9.17, 15) is 9.18 Å². The second-order valence-electron chi connectivity index (χ2n) is 8.24. The number of anilines is 1.